The number of nitrogens with zero attached hydrogens (tertiary/aromatic N) is 2. The Morgan fingerprint density at radius 1 is 0.800 bits per heavy atom. The number of thiocarbonyl (C=S) groups is 1. The molecule has 5 rings (SSSR count). The number of para-hydroxylation sites is 2. The van der Waals surface area contributed by atoms with Crippen LogP contribution < -0.4 is 14.5 Å². The number of methoxy groups -OCH3 is 1. The summed E-state index contributed by atoms with van der Waals surface area (Å²) in [5.74, 6) is -0.449. The highest BCUT2D eigenvalue weighted by atomic mass is 35.5. The number of hydrogen-bond acceptors (Lipinski definition) is 4. The van der Waals surface area contributed by atoms with E-state index in [1.165, 1.54) is 20.9 Å². The van der Waals surface area contributed by atoms with Crippen LogP contribution in [0, 0.1) is 13.8 Å². The minimum absolute atomic E-state index is 0.0403. The maximum absolute atomic E-state index is 13.8. The summed E-state index contributed by atoms with van der Waals surface area (Å²) < 4.78 is 5.72. The summed E-state index contributed by atoms with van der Waals surface area (Å²) in [6.45, 7) is 4.12. The smallest absolute Gasteiger partial charge is 0.270 e. The van der Waals surface area contributed by atoms with Crippen LogP contribution in [-0.2, 0) is 16.0 Å². The molecule has 0 bridgehead atoms. The van der Waals surface area contributed by atoms with Gasteiger partial charge in [-0.3, -0.25) is 19.4 Å². The first kappa shape index (κ1) is 27.3. The lowest BCUT2D eigenvalue weighted by molar-refractivity contribution is -0.120. The minimum atomic E-state index is -0.511. The Hall–Kier alpha value is -4.26. The predicted octanol–water partition coefficient (Wildman–Crippen LogP) is 7.30. The molecule has 0 unspecified atom stereocenters. The molecule has 1 heterocycles. The van der Waals surface area contributed by atoms with Crippen molar-refractivity contribution in [2.24, 2.45) is 0 Å². The van der Waals surface area contributed by atoms with E-state index in [1.807, 2.05) is 36.4 Å². The second-order valence-electron chi connectivity index (χ2n) is 9.65. The molecule has 1 fully saturated rings. The average Bonchev–Trinajstić information content (AvgIpc) is 2.93. The predicted molar refractivity (Wildman–Crippen MR) is 165 cm³/mol. The lowest BCUT2D eigenvalue weighted by Gasteiger charge is -2.36. The molecular formula is C33H27ClN2O3S. The Morgan fingerprint density at radius 2 is 1.32 bits per heavy atom. The van der Waals surface area contributed by atoms with Crippen LogP contribution in [0.1, 0.15) is 27.8 Å². The third kappa shape index (κ3) is 5.41. The molecule has 0 aromatic heterocycles. The molecule has 0 N–H and O–H groups in total. The van der Waals surface area contributed by atoms with Crippen molar-refractivity contribution in [2.75, 3.05) is 16.9 Å². The molecule has 5 nitrogen and oxygen atoms in total. The number of ether oxygens (including phenoxy) is 1. The molecule has 40 heavy (non-hydrogen) atoms. The average molecular weight is 567 g/mol. The van der Waals surface area contributed by atoms with E-state index in [-0.39, 0.29) is 10.7 Å². The molecule has 200 valence electrons. The maximum Gasteiger partial charge on any atom is 0.270 e. The highest BCUT2D eigenvalue weighted by Crippen LogP contribution is 2.34. The van der Waals surface area contributed by atoms with Crippen LogP contribution in [-0.4, -0.2) is 24.0 Å². The topological polar surface area (TPSA) is 49.9 Å². The van der Waals surface area contributed by atoms with Crippen LogP contribution in [0.4, 0.5) is 11.4 Å². The Bertz CT molecular complexity index is 1570. The number of carbonyl (C=O) groups is 2. The Morgan fingerprint density at radius 3 is 1.82 bits per heavy atom. The van der Waals surface area contributed by atoms with E-state index in [0.29, 0.717) is 34.1 Å². The molecule has 0 spiro atoms. The fourth-order valence-corrected chi connectivity index (χ4v) is 5.61. The molecule has 1 aliphatic rings. The van der Waals surface area contributed by atoms with E-state index in [1.54, 1.807) is 49.6 Å². The van der Waals surface area contributed by atoms with Crippen molar-refractivity contribution in [3.05, 3.63) is 129 Å². The van der Waals surface area contributed by atoms with Gasteiger partial charge in [-0.05, 0) is 79.7 Å². The molecule has 1 aliphatic heterocycles. The fourth-order valence-electron chi connectivity index (χ4n) is 4.95. The quantitative estimate of drug-likeness (QED) is 0.139. The van der Waals surface area contributed by atoms with Gasteiger partial charge in [0.25, 0.3) is 11.8 Å². The number of aryl methyl sites for hydroxylation is 2. The molecular weight excluding hydrogens is 540 g/mol. The number of amides is 2. The molecule has 7 heteroatoms. The third-order valence-electron chi connectivity index (χ3n) is 6.65. The summed E-state index contributed by atoms with van der Waals surface area (Å²) >= 11 is 12.5. The normalized spacial score (nSPS) is 13.6. The van der Waals surface area contributed by atoms with Gasteiger partial charge in [-0.15, -0.1) is 0 Å². The SMILES string of the molecule is COc1cc(C=C2C(=O)N(c3ccccc3)C(=S)N(c3ccccc3)C2=O)cc(Cl)c1Cc1cc(C)cc(C)c1. The van der Waals surface area contributed by atoms with E-state index in [0.717, 1.165) is 11.1 Å². The van der Waals surface area contributed by atoms with E-state index < -0.39 is 11.8 Å². The monoisotopic (exact) mass is 566 g/mol. The zero-order chi connectivity index (χ0) is 28.4. The van der Waals surface area contributed by atoms with E-state index in [9.17, 15) is 9.59 Å². The Labute approximate surface area is 244 Å². The highest BCUT2D eigenvalue weighted by Gasteiger charge is 2.41. The summed E-state index contributed by atoms with van der Waals surface area (Å²) in [7, 11) is 1.58. The molecule has 2 amide bonds. The first-order valence-corrected chi connectivity index (χ1v) is 13.5. The van der Waals surface area contributed by atoms with Crippen molar-refractivity contribution in [2.45, 2.75) is 20.3 Å². The van der Waals surface area contributed by atoms with Crippen LogP contribution in [0.3, 0.4) is 0 Å². The van der Waals surface area contributed by atoms with Crippen LogP contribution in [0.5, 0.6) is 5.75 Å². The van der Waals surface area contributed by atoms with Gasteiger partial charge in [-0.25, -0.2) is 0 Å². The molecule has 4 aromatic carbocycles. The molecule has 4 aromatic rings. The van der Waals surface area contributed by atoms with Gasteiger partial charge >= 0.3 is 0 Å². The van der Waals surface area contributed by atoms with Crippen molar-refractivity contribution >= 4 is 58.2 Å². The summed E-state index contributed by atoms with van der Waals surface area (Å²) in [5, 5.41) is 0.570. The fraction of sp³-hybridized carbons (Fsp3) is 0.121. The van der Waals surface area contributed by atoms with Crippen LogP contribution >= 0.6 is 23.8 Å². The van der Waals surface area contributed by atoms with Gasteiger partial charge in [-0.1, -0.05) is 77.3 Å². The number of anilines is 2. The zero-order valence-corrected chi connectivity index (χ0v) is 23.9. The number of benzene rings is 4. The second-order valence-corrected chi connectivity index (χ2v) is 10.4. The summed E-state index contributed by atoms with van der Waals surface area (Å²) in [5.41, 5.74) is 5.95. The van der Waals surface area contributed by atoms with E-state index >= 15 is 0 Å². The number of halogens is 1. The van der Waals surface area contributed by atoms with Gasteiger partial charge in [0, 0.05) is 17.0 Å². The van der Waals surface area contributed by atoms with Gasteiger partial charge in [0.15, 0.2) is 5.11 Å². The molecule has 0 saturated carbocycles. The first-order chi connectivity index (χ1) is 19.3. The Balaban J connectivity index is 1.59. The largest absolute Gasteiger partial charge is 0.496 e. The van der Waals surface area contributed by atoms with Crippen molar-refractivity contribution in [3.63, 3.8) is 0 Å². The van der Waals surface area contributed by atoms with Gasteiger partial charge in [-0.2, -0.15) is 0 Å². The van der Waals surface area contributed by atoms with Gasteiger partial charge < -0.3 is 4.74 Å². The number of rotatable bonds is 6. The highest BCUT2D eigenvalue weighted by molar-refractivity contribution is 7.81. The summed E-state index contributed by atoms with van der Waals surface area (Å²) in [6, 6.07) is 28.0. The Kier molecular flexibility index (Phi) is 7.83. The van der Waals surface area contributed by atoms with Crippen molar-refractivity contribution in [1.29, 1.82) is 0 Å². The van der Waals surface area contributed by atoms with Crippen molar-refractivity contribution in [3.8, 4) is 5.75 Å². The van der Waals surface area contributed by atoms with Crippen molar-refractivity contribution < 1.29 is 14.3 Å². The standard InChI is InChI=1S/C33H27ClN2O3S/c1-21-14-22(2)16-23(15-21)17-27-29(34)19-24(20-30(27)39-3)18-28-31(37)35(25-10-6-4-7-11-25)33(40)36(32(28)38)26-12-8-5-9-13-26/h4-16,18-20H,17H2,1-3H3. The van der Waals surface area contributed by atoms with Gasteiger partial charge in [0.05, 0.1) is 18.5 Å². The molecule has 1 saturated heterocycles. The van der Waals surface area contributed by atoms with Gasteiger partial charge in [0.1, 0.15) is 11.3 Å². The molecule has 0 radical (unpaired) electrons. The lowest BCUT2D eigenvalue weighted by atomic mass is 9.98. The summed E-state index contributed by atoms with van der Waals surface area (Å²) in [6.07, 6.45) is 2.13. The van der Waals surface area contributed by atoms with E-state index in [2.05, 4.69) is 32.0 Å². The number of hydrogen-bond donors (Lipinski definition) is 0. The van der Waals surface area contributed by atoms with Gasteiger partial charge in [0.2, 0.25) is 0 Å². The van der Waals surface area contributed by atoms with Crippen molar-refractivity contribution in [1.82, 2.24) is 0 Å². The first-order valence-electron chi connectivity index (χ1n) is 12.7. The van der Waals surface area contributed by atoms with Crippen LogP contribution in [0.15, 0.2) is 96.6 Å². The molecule has 0 aliphatic carbocycles. The zero-order valence-electron chi connectivity index (χ0n) is 22.4. The summed E-state index contributed by atoms with van der Waals surface area (Å²) in [4.78, 5) is 30.4. The lowest BCUT2D eigenvalue weighted by Crippen LogP contribution is -2.56. The molecule has 0 atom stereocenters. The second kappa shape index (κ2) is 11.5. The van der Waals surface area contributed by atoms with Crippen LogP contribution in [0.2, 0.25) is 5.02 Å². The minimum Gasteiger partial charge on any atom is -0.496 e. The van der Waals surface area contributed by atoms with E-state index in [4.69, 9.17) is 28.6 Å². The van der Waals surface area contributed by atoms with Crippen LogP contribution in [0.25, 0.3) is 6.08 Å². The maximum atomic E-state index is 13.8. The number of carbonyl (C=O) groups excluding carboxylic acids is 2. The third-order valence-corrected chi connectivity index (χ3v) is 7.35.